The Morgan fingerprint density at radius 2 is 1.79 bits per heavy atom. The van der Waals surface area contributed by atoms with E-state index in [-0.39, 0.29) is 0 Å². The first-order valence-electron chi connectivity index (χ1n) is 8.98. The van der Waals surface area contributed by atoms with E-state index >= 15 is 0 Å². The largest absolute Gasteiger partial charge is 0.338 e. The SMILES string of the molecule is c1csc(-c2ccnc3[nH]c(-c4n[nH]c5ncc(-c6cncnc6)cc45)cc23)c1. The molecule has 6 rings (SSSR count). The first kappa shape index (κ1) is 16.1. The molecule has 8 heteroatoms. The van der Waals surface area contributed by atoms with Crippen molar-refractivity contribution in [2.75, 3.05) is 0 Å². The number of pyridine rings is 2. The number of aromatic amines is 2. The van der Waals surface area contributed by atoms with Crippen LogP contribution < -0.4 is 0 Å². The molecule has 7 nitrogen and oxygen atoms in total. The first-order chi connectivity index (χ1) is 14.4. The second-order valence-electron chi connectivity index (χ2n) is 6.60. The van der Waals surface area contributed by atoms with Crippen molar-refractivity contribution in [1.82, 2.24) is 35.1 Å². The van der Waals surface area contributed by atoms with Crippen molar-refractivity contribution in [3.63, 3.8) is 0 Å². The molecule has 0 saturated carbocycles. The van der Waals surface area contributed by atoms with Crippen LogP contribution in [0.15, 0.2) is 66.8 Å². The molecule has 0 aliphatic heterocycles. The molecular formula is C21H13N7S. The van der Waals surface area contributed by atoms with Crippen molar-refractivity contribution in [2.45, 2.75) is 0 Å². The van der Waals surface area contributed by atoms with Gasteiger partial charge in [-0.1, -0.05) is 6.07 Å². The number of nitrogens with zero attached hydrogens (tertiary/aromatic N) is 5. The third-order valence-corrected chi connectivity index (χ3v) is 5.79. The fourth-order valence-electron chi connectivity index (χ4n) is 3.52. The van der Waals surface area contributed by atoms with Gasteiger partial charge in [-0.3, -0.25) is 5.10 Å². The van der Waals surface area contributed by atoms with Gasteiger partial charge in [0.2, 0.25) is 0 Å². The molecule has 0 aromatic carbocycles. The molecule has 0 saturated heterocycles. The van der Waals surface area contributed by atoms with E-state index in [1.165, 1.54) is 11.2 Å². The topological polar surface area (TPSA) is 96.0 Å². The molecule has 0 spiro atoms. The Morgan fingerprint density at radius 3 is 2.66 bits per heavy atom. The summed E-state index contributed by atoms with van der Waals surface area (Å²) in [5.41, 5.74) is 6.27. The van der Waals surface area contributed by atoms with Crippen molar-refractivity contribution in [3.05, 3.63) is 66.8 Å². The van der Waals surface area contributed by atoms with Crippen LogP contribution in [0.3, 0.4) is 0 Å². The molecule has 6 heterocycles. The van der Waals surface area contributed by atoms with Gasteiger partial charge in [0.15, 0.2) is 5.65 Å². The van der Waals surface area contributed by atoms with Crippen molar-refractivity contribution >= 4 is 33.4 Å². The minimum atomic E-state index is 0.727. The summed E-state index contributed by atoms with van der Waals surface area (Å²) in [6, 6.07) is 10.4. The Morgan fingerprint density at radius 1 is 0.862 bits per heavy atom. The number of nitrogens with one attached hydrogen (secondary N) is 2. The Hall–Kier alpha value is -3.91. The maximum Gasteiger partial charge on any atom is 0.155 e. The molecule has 6 aromatic heterocycles. The van der Waals surface area contributed by atoms with Gasteiger partial charge < -0.3 is 4.98 Å². The first-order valence-corrected chi connectivity index (χ1v) is 9.86. The van der Waals surface area contributed by atoms with Gasteiger partial charge in [-0.15, -0.1) is 11.3 Å². The summed E-state index contributed by atoms with van der Waals surface area (Å²) >= 11 is 1.71. The minimum Gasteiger partial charge on any atom is -0.338 e. The summed E-state index contributed by atoms with van der Waals surface area (Å²) in [7, 11) is 0. The van der Waals surface area contributed by atoms with Crippen LogP contribution in [0.25, 0.3) is 55.0 Å². The lowest BCUT2D eigenvalue weighted by atomic mass is 10.1. The van der Waals surface area contributed by atoms with E-state index in [1.54, 1.807) is 29.9 Å². The normalized spacial score (nSPS) is 11.4. The fourth-order valence-corrected chi connectivity index (χ4v) is 4.28. The average Bonchev–Trinajstić information content (AvgIpc) is 3.52. The second kappa shape index (κ2) is 6.32. The summed E-state index contributed by atoms with van der Waals surface area (Å²) in [6.07, 6.45) is 8.69. The Bertz CT molecular complexity index is 1450. The summed E-state index contributed by atoms with van der Waals surface area (Å²) < 4.78 is 0. The fraction of sp³-hybridized carbons (Fsp3) is 0. The van der Waals surface area contributed by atoms with Gasteiger partial charge in [-0.2, -0.15) is 5.10 Å². The highest BCUT2D eigenvalue weighted by molar-refractivity contribution is 7.13. The van der Waals surface area contributed by atoms with Gasteiger partial charge in [0.05, 0.1) is 5.69 Å². The van der Waals surface area contributed by atoms with E-state index in [4.69, 9.17) is 0 Å². The van der Waals surface area contributed by atoms with E-state index in [9.17, 15) is 0 Å². The van der Waals surface area contributed by atoms with Crippen LogP contribution >= 0.6 is 11.3 Å². The zero-order valence-corrected chi connectivity index (χ0v) is 15.8. The predicted octanol–water partition coefficient (Wildman–Crippen LogP) is 4.69. The molecule has 0 bridgehead atoms. The summed E-state index contributed by atoms with van der Waals surface area (Å²) in [5.74, 6) is 0. The molecular weight excluding hydrogens is 382 g/mol. The van der Waals surface area contributed by atoms with Crippen molar-refractivity contribution in [3.8, 4) is 33.0 Å². The van der Waals surface area contributed by atoms with Crippen LogP contribution in [-0.4, -0.2) is 35.1 Å². The van der Waals surface area contributed by atoms with E-state index in [0.29, 0.717) is 0 Å². The lowest BCUT2D eigenvalue weighted by Crippen LogP contribution is -1.85. The molecule has 0 aliphatic carbocycles. The number of hydrogen-bond acceptors (Lipinski definition) is 6. The highest BCUT2D eigenvalue weighted by atomic mass is 32.1. The zero-order valence-electron chi connectivity index (χ0n) is 15.0. The maximum atomic E-state index is 4.51. The average molecular weight is 395 g/mol. The lowest BCUT2D eigenvalue weighted by Gasteiger charge is -2.00. The highest BCUT2D eigenvalue weighted by Gasteiger charge is 2.15. The van der Waals surface area contributed by atoms with Crippen LogP contribution in [-0.2, 0) is 0 Å². The maximum absolute atomic E-state index is 4.51. The molecule has 6 aromatic rings. The van der Waals surface area contributed by atoms with Gasteiger partial charge in [0.1, 0.15) is 17.7 Å². The van der Waals surface area contributed by atoms with Crippen molar-refractivity contribution in [2.24, 2.45) is 0 Å². The van der Waals surface area contributed by atoms with Crippen LogP contribution in [0.4, 0.5) is 0 Å². The molecule has 0 radical (unpaired) electrons. The van der Waals surface area contributed by atoms with Gasteiger partial charge in [0.25, 0.3) is 0 Å². The van der Waals surface area contributed by atoms with Gasteiger partial charge in [-0.05, 0) is 29.6 Å². The van der Waals surface area contributed by atoms with Crippen molar-refractivity contribution < 1.29 is 0 Å². The van der Waals surface area contributed by atoms with Gasteiger partial charge >= 0.3 is 0 Å². The van der Waals surface area contributed by atoms with Crippen LogP contribution in [0.5, 0.6) is 0 Å². The Balaban J connectivity index is 1.53. The van der Waals surface area contributed by atoms with Gasteiger partial charge in [-0.25, -0.2) is 19.9 Å². The molecule has 0 atom stereocenters. The number of H-pyrrole nitrogens is 2. The molecule has 0 fully saturated rings. The number of hydrogen-bond donors (Lipinski definition) is 2. The van der Waals surface area contributed by atoms with Crippen LogP contribution in [0.2, 0.25) is 0 Å². The van der Waals surface area contributed by atoms with Crippen LogP contribution in [0, 0.1) is 0 Å². The smallest absolute Gasteiger partial charge is 0.155 e. The predicted molar refractivity (Wildman–Crippen MR) is 113 cm³/mol. The number of aromatic nitrogens is 7. The van der Waals surface area contributed by atoms with E-state index in [2.05, 4.69) is 64.8 Å². The number of thiophene rings is 1. The van der Waals surface area contributed by atoms with Crippen molar-refractivity contribution in [1.29, 1.82) is 0 Å². The summed E-state index contributed by atoms with van der Waals surface area (Å²) in [5, 5.41) is 11.6. The monoisotopic (exact) mass is 395 g/mol. The molecule has 0 amide bonds. The van der Waals surface area contributed by atoms with E-state index < -0.39 is 0 Å². The third-order valence-electron chi connectivity index (χ3n) is 4.88. The van der Waals surface area contributed by atoms with E-state index in [1.807, 2.05) is 12.3 Å². The minimum absolute atomic E-state index is 0.727. The van der Waals surface area contributed by atoms with Crippen LogP contribution in [0.1, 0.15) is 0 Å². The molecule has 29 heavy (non-hydrogen) atoms. The molecule has 0 unspecified atom stereocenters. The molecule has 0 aliphatic rings. The second-order valence-corrected chi connectivity index (χ2v) is 7.55. The standard InChI is InChI=1S/C21H13N7S/c1-2-18(29-5-1)14-3-4-24-20-15(14)7-17(26-20)19-16-6-12(10-25-21(16)28-27-19)13-8-22-11-23-9-13/h1-11H,(H,24,26)(H,25,27,28). The Kier molecular flexibility index (Phi) is 3.50. The lowest BCUT2D eigenvalue weighted by molar-refractivity contribution is 1.10. The molecule has 138 valence electrons. The highest BCUT2D eigenvalue weighted by Crippen LogP contribution is 2.35. The van der Waals surface area contributed by atoms with Gasteiger partial charge in [0, 0.05) is 57.1 Å². The summed E-state index contributed by atoms with van der Waals surface area (Å²) in [6.45, 7) is 0. The molecule has 2 N–H and O–H groups in total. The van der Waals surface area contributed by atoms with E-state index in [0.717, 1.165) is 50.1 Å². The zero-order chi connectivity index (χ0) is 19.2. The summed E-state index contributed by atoms with van der Waals surface area (Å²) in [4.78, 5) is 21.8. The number of rotatable bonds is 3. The third kappa shape index (κ3) is 2.61. The quantitative estimate of drug-likeness (QED) is 0.453. The number of fused-ring (bicyclic) bond motifs is 2. The Labute approximate surface area is 168 Å².